The van der Waals surface area contributed by atoms with Crippen molar-refractivity contribution < 1.29 is 4.79 Å². The molecule has 1 saturated heterocycles. The molecule has 6 heteroatoms. The van der Waals surface area contributed by atoms with E-state index in [1.54, 1.807) is 23.1 Å². The number of fused-ring (bicyclic) bond motifs is 1. The minimum atomic E-state index is -0.0354. The number of nitrogens with zero attached hydrogens (tertiary/aromatic N) is 1. The predicted molar refractivity (Wildman–Crippen MR) is 104 cm³/mol. The van der Waals surface area contributed by atoms with Crippen LogP contribution in [-0.2, 0) is 11.2 Å². The van der Waals surface area contributed by atoms with Gasteiger partial charge in [-0.2, -0.15) is 0 Å². The molecule has 2 N–H and O–H groups in total. The average Bonchev–Trinajstić information content (AvgIpc) is 3.21. The third-order valence-corrected chi connectivity index (χ3v) is 7.03. The molecule has 1 unspecified atom stereocenters. The van der Waals surface area contributed by atoms with E-state index >= 15 is 0 Å². The Morgan fingerprint density at radius 2 is 1.96 bits per heavy atom. The van der Waals surface area contributed by atoms with Crippen LogP contribution in [0.25, 0.3) is 0 Å². The number of likely N-dealkylation sites (tertiary alicyclic amines) is 1. The number of hydrogen-bond acceptors (Lipinski definition) is 4. The van der Waals surface area contributed by atoms with Gasteiger partial charge in [-0.15, -0.1) is 35.5 Å². The molecule has 2 aliphatic heterocycles. The van der Waals surface area contributed by atoms with Gasteiger partial charge < -0.3 is 10.6 Å². The second kappa shape index (κ2) is 7.48. The first-order valence-corrected chi connectivity index (χ1v) is 9.94. The number of benzene rings is 1. The summed E-state index contributed by atoms with van der Waals surface area (Å²) in [7, 11) is 0. The molecule has 2 aromatic rings. The maximum Gasteiger partial charge on any atom is 0.240 e. The van der Waals surface area contributed by atoms with Gasteiger partial charge in [0, 0.05) is 29.9 Å². The van der Waals surface area contributed by atoms with Crippen molar-refractivity contribution >= 4 is 41.4 Å². The van der Waals surface area contributed by atoms with Crippen molar-refractivity contribution in [1.82, 2.24) is 4.90 Å². The first kappa shape index (κ1) is 17.8. The fraction of sp³-hybridized carbons (Fsp3) is 0.389. The fourth-order valence-electron chi connectivity index (χ4n) is 3.58. The molecular weight excluding hydrogens is 360 g/mol. The molecule has 2 aliphatic rings. The highest BCUT2D eigenvalue weighted by Crippen LogP contribution is 2.41. The third-order valence-electron chi connectivity index (χ3n) is 4.80. The zero-order valence-corrected chi connectivity index (χ0v) is 15.7. The summed E-state index contributed by atoms with van der Waals surface area (Å²) < 4.78 is 0. The van der Waals surface area contributed by atoms with E-state index < -0.39 is 0 Å². The lowest BCUT2D eigenvalue weighted by Gasteiger charge is -2.26. The summed E-state index contributed by atoms with van der Waals surface area (Å²) >= 11 is 3.56. The SMILES string of the molecule is Cl.N[C@@H]1CN(C(=O)C2SCCc3sccc32)C[C@H]1c1ccccc1. The van der Waals surface area contributed by atoms with Gasteiger partial charge >= 0.3 is 0 Å². The number of thioether (sulfide) groups is 1. The van der Waals surface area contributed by atoms with Crippen LogP contribution in [0.5, 0.6) is 0 Å². The number of rotatable bonds is 2. The van der Waals surface area contributed by atoms with Crippen molar-refractivity contribution in [1.29, 1.82) is 0 Å². The molecule has 3 atom stereocenters. The van der Waals surface area contributed by atoms with Crippen molar-refractivity contribution in [2.75, 3.05) is 18.8 Å². The van der Waals surface area contributed by atoms with Gasteiger partial charge in [-0.25, -0.2) is 0 Å². The van der Waals surface area contributed by atoms with Crippen LogP contribution in [-0.4, -0.2) is 35.7 Å². The maximum absolute atomic E-state index is 13.0. The molecule has 0 radical (unpaired) electrons. The Bertz CT molecular complexity index is 706. The van der Waals surface area contributed by atoms with Crippen LogP contribution in [0.3, 0.4) is 0 Å². The van der Waals surface area contributed by atoms with E-state index in [1.807, 2.05) is 23.1 Å². The summed E-state index contributed by atoms with van der Waals surface area (Å²) in [5.74, 6) is 1.52. The van der Waals surface area contributed by atoms with Crippen LogP contribution in [0.15, 0.2) is 41.8 Å². The largest absolute Gasteiger partial charge is 0.339 e. The summed E-state index contributed by atoms with van der Waals surface area (Å²) in [4.78, 5) is 16.4. The van der Waals surface area contributed by atoms with Gasteiger partial charge in [0.05, 0.1) is 0 Å². The zero-order chi connectivity index (χ0) is 15.8. The summed E-state index contributed by atoms with van der Waals surface area (Å²) in [5.41, 5.74) is 8.81. The van der Waals surface area contributed by atoms with Crippen LogP contribution < -0.4 is 5.73 Å². The second-order valence-electron chi connectivity index (χ2n) is 6.22. The van der Waals surface area contributed by atoms with Gasteiger partial charge in [0.2, 0.25) is 5.91 Å². The topological polar surface area (TPSA) is 46.3 Å². The lowest BCUT2D eigenvalue weighted by molar-refractivity contribution is -0.129. The van der Waals surface area contributed by atoms with E-state index in [0.29, 0.717) is 6.54 Å². The number of halogens is 1. The molecule has 0 saturated carbocycles. The molecule has 128 valence electrons. The molecule has 1 amide bonds. The van der Waals surface area contributed by atoms with Crippen molar-refractivity contribution in [3.8, 4) is 0 Å². The average molecular weight is 381 g/mol. The predicted octanol–water partition coefficient (Wildman–Crippen LogP) is 3.45. The zero-order valence-electron chi connectivity index (χ0n) is 13.3. The third kappa shape index (κ3) is 3.23. The number of carbonyl (C=O) groups is 1. The Labute approximate surface area is 157 Å². The molecule has 1 aromatic heterocycles. The Hall–Kier alpha value is -1.01. The lowest BCUT2D eigenvalue weighted by Crippen LogP contribution is -2.35. The smallest absolute Gasteiger partial charge is 0.240 e. The van der Waals surface area contributed by atoms with Gasteiger partial charge in [-0.05, 0) is 34.7 Å². The molecular formula is C18H21ClN2OS2. The van der Waals surface area contributed by atoms with E-state index in [2.05, 4.69) is 23.6 Å². The monoisotopic (exact) mass is 380 g/mol. The van der Waals surface area contributed by atoms with Crippen LogP contribution in [0.4, 0.5) is 0 Å². The standard InChI is InChI=1S/C18H20N2OS2.ClH/c19-15-11-20(10-14(15)12-4-2-1-3-5-12)18(21)17-13-6-8-22-16(13)7-9-23-17;/h1-6,8,14-15,17H,7,9-11,19H2;1H/t14-,15+,17?;/m0./s1. The Morgan fingerprint density at radius 1 is 1.17 bits per heavy atom. The van der Waals surface area contributed by atoms with E-state index in [9.17, 15) is 4.79 Å². The van der Waals surface area contributed by atoms with E-state index in [-0.39, 0.29) is 35.5 Å². The minimum Gasteiger partial charge on any atom is -0.339 e. The van der Waals surface area contributed by atoms with Gasteiger partial charge in [0.1, 0.15) is 5.25 Å². The number of carbonyl (C=O) groups excluding carboxylic acids is 1. The van der Waals surface area contributed by atoms with Gasteiger partial charge in [0.15, 0.2) is 0 Å². The normalized spacial score (nSPS) is 25.9. The van der Waals surface area contributed by atoms with Crippen molar-refractivity contribution in [2.45, 2.75) is 23.6 Å². The highest BCUT2D eigenvalue weighted by molar-refractivity contribution is 8.00. The molecule has 0 spiro atoms. The van der Waals surface area contributed by atoms with Gasteiger partial charge in [-0.3, -0.25) is 4.79 Å². The van der Waals surface area contributed by atoms with Crippen LogP contribution in [0.2, 0.25) is 0 Å². The fourth-order valence-corrected chi connectivity index (χ4v) is 5.95. The number of thiophene rings is 1. The molecule has 0 aliphatic carbocycles. The summed E-state index contributed by atoms with van der Waals surface area (Å²) in [5, 5.41) is 2.07. The number of amides is 1. The van der Waals surface area contributed by atoms with Crippen molar-refractivity contribution in [2.24, 2.45) is 5.73 Å². The number of hydrogen-bond donors (Lipinski definition) is 1. The quantitative estimate of drug-likeness (QED) is 0.867. The van der Waals surface area contributed by atoms with Crippen LogP contribution >= 0.6 is 35.5 Å². The van der Waals surface area contributed by atoms with E-state index in [4.69, 9.17) is 5.73 Å². The molecule has 0 bridgehead atoms. The Balaban J connectivity index is 0.00000169. The molecule has 3 heterocycles. The Morgan fingerprint density at radius 3 is 2.75 bits per heavy atom. The first-order valence-electron chi connectivity index (χ1n) is 8.01. The maximum atomic E-state index is 13.0. The highest BCUT2D eigenvalue weighted by Gasteiger charge is 2.38. The van der Waals surface area contributed by atoms with Crippen molar-refractivity contribution in [3.05, 3.63) is 57.8 Å². The van der Waals surface area contributed by atoms with E-state index in [0.717, 1.165) is 18.7 Å². The molecule has 24 heavy (non-hydrogen) atoms. The summed E-state index contributed by atoms with van der Waals surface area (Å²) in [6.45, 7) is 1.40. The molecule has 1 aromatic carbocycles. The summed E-state index contributed by atoms with van der Waals surface area (Å²) in [6.07, 6.45) is 1.09. The molecule has 3 nitrogen and oxygen atoms in total. The van der Waals surface area contributed by atoms with E-state index in [1.165, 1.54) is 16.0 Å². The Kier molecular flexibility index (Phi) is 5.55. The minimum absolute atomic E-state index is 0. The number of aryl methyl sites for hydroxylation is 1. The first-order chi connectivity index (χ1) is 11.2. The van der Waals surface area contributed by atoms with Gasteiger partial charge in [0.25, 0.3) is 0 Å². The van der Waals surface area contributed by atoms with Crippen LogP contribution in [0.1, 0.15) is 27.2 Å². The van der Waals surface area contributed by atoms with Gasteiger partial charge in [-0.1, -0.05) is 30.3 Å². The summed E-state index contributed by atoms with van der Waals surface area (Å²) in [6, 6.07) is 12.5. The molecule has 1 fully saturated rings. The highest BCUT2D eigenvalue weighted by atomic mass is 35.5. The second-order valence-corrected chi connectivity index (χ2v) is 8.44. The van der Waals surface area contributed by atoms with Crippen LogP contribution in [0, 0.1) is 0 Å². The molecule has 4 rings (SSSR count). The number of nitrogens with two attached hydrogens (primary N) is 1. The lowest BCUT2D eigenvalue weighted by atomic mass is 9.95. The van der Waals surface area contributed by atoms with Crippen molar-refractivity contribution in [3.63, 3.8) is 0 Å².